The molecule has 3 aromatic rings. The number of anilines is 1. The summed E-state index contributed by atoms with van der Waals surface area (Å²) < 4.78 is 22.6. The molecule has 2 aromatic carbocycles. The number of nitrogens with one attached hydrogen (secondary N) is 1. The standard InChI is InChI=1S/C27H31N5O4S/c1-3-4-17-36-25(33)19-32-26(22-12-14-23(15-13-22)37(2,35)31-20-28)30-18-24(27(32)34)29-16-8-11-21-9-6-5-7-10-21/h5-7,9-10,12-15,18,29H,3-4,8,11,16-17,19H2,1-2H3. The Morgan fingerprint density at radius 3 is 2.57 bits per heavy atom. The Hall–Kier alpha value is -3.97. The van der Waals surface area contributed by atoms with Crippen molar-refractivity contribution in [2.75, 3.05) is 24.7 Å². The van der Waals surface area contributed by atoms with Crippen molar-refractivity contribution in [3.63, 3.8) is 0 Å². The molecule has 0 amide bonds. The molecule has 1 heterocycles. The summed E-state index contributed by atoms with van der Waals surface area (Å²) in [4.78, 5) is 30.7. The molecule has 0 aliphatic rings. The highest BCUT2D eigenvalue weighted by molar-refractivity contribution is 7.93. The molecule has 1 aromatic heterocycles. The number of rotatable bonds is 12. The van der Waals surface area contributed by atoms with Crippen LogP contribution in [0.25, 0.3) is 11.4 Å². The van der Waals surface area contributed by atoms with Gasteiger partial charge in [0.1, 0.15) is 18.1 Å². The number of nitriles is 1. The number of carbonyl (C=O) groups excluding carboxylic acids is 1. The second-order valence-corrected chi connectivity index (χ2v) is 10.8. The van der Waals surface area contributed by atoms with Crippen LogP contribution in [-0.4, -0.2) is 39.1 Å². The number of ether oxygens (including phenoxy) is 1. The lowest BCUT2D eigenvalue weighted by molar-refractivity contribution is -0.144. The number of carbonyl (C=O) groups is 1. The van der Waals surface area contributed by atoms with Gasteiger partial charge in [-0.15, -0.1) is 4.36 Å². The first-order chi connectivity index (χ1) is 17.9. The molecule has 194 valence electrons. The van der Waals surface area contributed by atoms with Crippen LogP contribution in [0.1, 0.15) is 31.7 Å². The van der Waals surface area contributed by atoms with Crippen LogP contribution in [0, 0.1) is 11.5 Å². The maximum Gasteiger partial charge on any atom is 0.326 e. The molecule has 0 spiro atoms. The van der Waals surface area contributed by atoms with Crippen molar-refractivity contribution in [2.45, 2.75) is 44.0 Å². The fourth-order valence-corrected chi connectivity index (χ4v) is 4.55. The molecule has 10 heteroatoms. The third-order valence-electron chi connectivity index (χ3n) is 5.66. The van der Waals surface area contributed by atoms with E-state index in [1.165, 1.54) is 22.6 Å². The number of esters is 1. The maximum atomic E-state index is 13.4. The lowest BCUT2D eigenvalue weighted by Gasteiger charge is -2.15. The maximum absolute atomic E-state index is 13.4. The van der Waals surface area contributed by atoms with Crippen LogP contribution >= 0.6 is 0 Å². The van der Waals surface area contributed by atoms with Crippen molar-refractivity contribution in [2.24, 2.45) is 4.36 Å². The van der Waals surface area contributed by atoms with Gasteiger partial charge in [-0.1, -0.05) is 55.8 Å². The van der Waals surface area contributed by atoms with E-state index in [2.05, 4.69) is 26.8 Å². The molecule has 0 radical (unpaired) electrons. The first-order valence-electron chi connectivity index (χ1n) is 12.1. The van der Waals surface area contributed by atoms with Crippen molar-refractivity contribution >= 4 is 21.4 Å². The third kappa shape index (κ3) is 7.75. The molecule has 0 saturated heterocycles. The van der Waals surface area contributed by atoms with E-state index >= 15 is 0 Å². The minimum atomic E-state index is -2.86. The summed E-state index contributed by atoms with van der Waals surface area (Å²) in [7, 11) is -2.86. The minimum Gasteiger partial charge on any atom is -0.464 e. The summed E-state index contributed by atoms with van der Waals surface area (Å²) in [5.74, 6) is -0.250. The van der Waals surface area contributed by atoms with Gasteiger partial charge in [0.05, 0.1) is 22.5 Å². The number of aromatic nitrogens is 2. The molecule has 3 rings (SSSR count). The number of nitrogens with zero attached hydrogens (tertiary/aromatic N) is 4. The van der Waals surface area contributed by atoms with Gasteiger partial charge in [-0.05, 0) is 37.0 Å². The van der Waals surface area contributed by atoms with Crippen LogP contribution in [0.5, 0.6) is 0 Å². The van der Waals surface area contributed by atoms with E-state index in [9.17, 15) is 13.8 Å². The predicted octanol–water partition coefficient (Wildman–Crippen LogP) is 4.24. The molecule has 0 bridgehead atoms. The quantitative estimate of drug-likeness (QED) is 0.215. The van der Waals surface area contributed by atoms with Crippen LogP contribution < -0.4 is 10.9 Å². The molecule has 1 atom stereocenters. The van der Waals surface area contributed by atoms with Gasteiger partial charge in [0, 0.05) is 23.3 Å². The number of benzene rings is 2. The zero-order chi connectivity index (χ0) is 26.7. The topological polar surface area (TPSA) is 126 Å². The van der Waals surface area contributed by atoms with E-state index in [1.54, 1.807) is 30.5 Å². The van der Waals surface area contributed by atoms with E-state index in [0.29, 0.717) is 22.7 Å². The molecular formula is C27H31N5O4S. The highest BCUT2D eigenvalue weighted by atomic mass is 32.2. The number of aryl methyl sites for hydroxylation is 1. The molecule has 1 N–H and O–H groups in total. The molecule has 0 aliphatic carbocycles. The van der Waals surface area contributed by atoms with Crippen LogP contribution in [0.15, 0.2) is 74.8 Å². The van der Waals surface area contributed by atoms with Gasteiger partial charge in [0.25, 0.3) is 5.56 Å². The van der Waals surface area contributed by atoms with Crippen molar-refractivity contribution in [3.8, 4) is 17.6 Å². The molecule has 0 aliphatic heterocycles. The second kappa shape index (κ2) is 13.4. The Bertz CT molecular complexity index is 1420. The molecule has 37 heavy (non-hydrogen) atoms. The Labute approximate surface area is 217 Å². The predicted molar refractivity (Wildman–Crippen MR) is 143 cm³/mol. The van der Waals surface area contributed by atoms with Crippen LogP contribution in [0.3, 0.4) is 0 Å². The van der Waals surface area contributed by atoms with Gasteiger partial charge in [-0.3, -0.25) is 14.2 Å². The number of hydrogen-bond acceptors (Lipinski definition) is 8. The SMILES string of the molecule is CCCCOC(=O)Cn1c(-c2ccc(S(C)(=O)=NC#N)cc2)ncc(NCCCc2ccccc2)c1=O. The lowest BCUT2D eigenvalue weighted by Crippen LogP contribution is -2.30. The van der Waals surface area contributed by atoms with Crippen LogP contribution in [-0.2, 0) is 32.2 Å². The van der Waals surface area contributed by atoms with Gasteiger partial charge in [-0.25, -0.2) is 9.19 Å². The van der Waals surface area contributed by atoms with Gasteiger partial charge in [0.15, 0.2) is 0 Å². The summed E-state index contributed by atoms with van der Waals surface area (Å²) in [6.45, 7) is 2.55. The number of hydrogen-bond donors (Lipinski definition) is 1. The highest BCUT2D eigenvalue weighted by Gasteiger charge is 2.17. The van der Waals surface area contributed by atoms with Gasteiger partial charge in [-0.2, -0.15) is 5.26 Å². The van der Waals surface area contributed by atoms with Crippen LogP contribution in [0.2, 0.25) is 0 Å². The Morgan fingerprint density at radius 1 is 1.16 bits per heavy atom. The minimum absolute atomic E-state index is 0.277. The smallest absolute Gasteiger partial charge is 0.326 e. The van der Waals surface area contributed by atoms with E-state index in [-0.39, 0.29) is 24.5 Å². The normalized spacial score (nSPS) is 12.2. The summed E-state index contributed by atoms with van der Waals surface area (Å²) >= 11 is 0. The fourth-order valence-electron chi connectivity index (χ4n) is 3.64. The molecule has 9 nitrogen and oxygen atoms in total. The molecular weight excluding hydrogens is 490 g/mol. The molecule has 1 unspecified atom stereocenters. The first-order valence-corrected chi connectivity index (χ1v) is 14.0. The Kier molecular flexibility index (Phi) is 9.98. The van der Waals surface area contributed by atoms with E-state index in [1.807, 2.05) is 25.1 Å². The largest absolute Gasteiger partial charge is 0.464 e. The molecule has 0 fully saturated rings. The summed E-state index contributed by atoms with van der Waals surface area (Å²) in [5.41, 5.74) is 1.66. The fraction of sp³-hybridized carbons (Fsp3) is 0.333. The highest BCUT2D eigenvalue weighted by Crippen LogP contribution is 2.21. The van der Waals surface area contributed by atoms with Gasteiger partial charge >= 0.3 is 5.97 Å². The van der Waals surface area contributed by atoms with Gasteiger partial charge < -0.3 is 10.1 Å². The average Bonchev–Trinajstić information content (AvgIpc) is 2.89. The van der Waals surface area contributed by atoms with Crippen molar-refractivity contribution < 1.29 is 13.7 Å². The van der Waals surface area contributed by atoms with E-state index in [0.717, 1.165) is 25.7 Å². The third-order valence-corrected chi connectivity index (χ3v) is 7.24. The van der Waals surface area contributed by atoms with Crippen LogP contribution in [0.4, 0.5) is 5.69 Å². The summed E-state index contributed by atoms with van der Waals surface area (Å²) in [6.07, 6.45) is 7.72. The summed E-state index contributed by atoms with van der Waals surface area (Å²) in [6, 6.07) is 16.5. The van der Waals surface area contributed by atoms with Gasteiger partial charge in [0.2, 0.25) is 6.19 Å². The zero-order valence-corrected chi connectivity index (χ0v) is 21.9. The monoisotopic (exact) mass is 521 g/mol. The lowest BCUT2D eigenvalue weighted by atomic mass is 10.1. The molecule has 0 saturated carbocycles. The summed E-state index contributed by atoms with van der Waals surface area (Å²) in [5, 5.41) is 11.9. The number of unbranched alkanes of at least 4 members (excludes halogenated alkanes) is 1. The Morgan fingerprint density at radius 2 is 1.89 bits per heavy atom. The Balaban J connectivity index is 1.86. The van der Waals surface area contributed by atoms with E-state index < -0.39 is 15.7 Å². The van der Waals surface area contributed by atoms with E-state index in [4.69, 9.17) is 10.00 Å². The van der Waals surface area contributed by atoms with Crippen molar-refractivity contribution in [3.05, 3.63) is 76.7 Å². The average molecular weight is 522 g/mol. The second-order valence-electron chi connectivity index (χ2n) is 8.49. The van der Waals surface area contributed by atoms with Crippen molar-refractivity contribution in [1.82, 2.24) is 9.55 Å². The van der Waals surface area contributed by atoms with Crippen molar-refractivity contribution in [1.29, 1.82) is 5.26 Å². The zero-order valence-electron chi connectivity index (χ0n) is 21.1. The first kappa shape index (κ1) is 27.6.